The molecule has 0 saturated heterocycles. The second kappa shape index (κ2) is 10.5. The molecule has 156 valence electrons. The Kier molecular flexibility index (Phi) is 7.74. The highest BCUT2D eigenvalue weighted by molar-refractivity contribution is 5.98. The third kappa shape index (κ3) is 7.15. The molecular formula is C20H19N3O7. The number of rotatable bonds is 9. The summed E-state index contributed by atoms with van der Waals surface area (Å²) in [6.07, 6.45) is -0.488. The van der Waals surface area contributed by atoms with E-state index in [2.05, 4.69) is 10.6 Å². The van der Waals surface area contributed by atoms with Crippen LogP contribution in [0.4, 0.5) is 17.1 Å². The second-order valence-electron chi connectivity index (χ2n) is 6.20. The van der Waals surface area contributed by atoms with Crippen molar-refractivity contribution in [3.63, 3.8) is 0 Å². The van der Waals surface area contributed by atoms with Crippen molar-refractivity contribution in [2.24, 2.45) is 0 Å². The smallest absolute Gasteiger partial charge is 0.306 e. The fraction of sp³-hybridized carbons (Fsp3) is 0.200. The van der Waals surface area contributed by atoms with E-state index in [1.54, 1.807) is 18.2 Å². The fourth-order valence-corrected chi connectivity index (χ4v) is 2.37. The van der Waals surface area contributed by atoms with Gasteiger partial charge in [-0.3, -0.25) is 29.3 Å². The number of ether oxygens (including phenoxy) is 1. The number of nitrogens with one attached hydrogen (secondary N) is 2. The fourth-order valence-electron chi connectivity index (χ4n) is 2.37. The van der Waals surface area contributed by atoms with Gasteiger partial charge in [0.05, 0.1) is 11.3 Å². The maximum Gasteiger partial charge on any atom is 0.306 e. The number of non-ortho nitro benzene ring substituents is 1. The first-order valence-electron chi connectivity index (χ1n) is 8.85. The molecule has 2 aromatic carbocycles. The number of carbonyl (C=O) groups is 4. The first-order valence-corrected chi connectivity index (χ1v) is 8.85. The summed E-state index contributed by atoms with van der Waals surface area (Å²) in [7, 11) is 0. The number of anilines is 2. The molecule has 0 spiro atoms. The van der Waals surface area contributed by atoms with Crippen molar-refractivity contribution >= 4 is 40.6 Å². The van der Waals surface area contributed by atoms with Gasteiger partial charge >= 0.3 is 5.97 Å². The summed E-state index contributed by atoms with van der Waals surface area (Å²) in [5, 5.41) is 15.7. The van der Waals surface area contributed by atoms with E-state index >= 15 is 0 Å². The van der Waals surface area contributed by atoms with Crippen molar-refractivity contribution < 1.29 is 28.8 Å². The predicted molar refractivity (Wildman–Crippen MR) is 107 cm³/mol. The van der Waals surface area contributed by atoms with Gasteiger partial charge in [0.2, 0.25) is 5.91 Å². The number of benzene rings is 2. The van der Waals surface area contributed by atoms with Crippen molar-refractivity contribution in [3.05, 3.63) is 64.2 Å². The van der Waals surface area contributed by atoms with Crippen LogP contribution in [0.5, 0.6) is 0 Å². The van der Waals surface area contributed by atoms with E-state index in [4.69, 9.17) is 4.74 Å². The lowest BCUT2D eigenvalue weighted by Crippen LogP contribution is -2.22. The quantitative estimate of drug-likeness (QED) is 0.278. The van der Waals surface area contributed by atoms with Gasteiger partial charge in [-0.2, -0.15) is 0 Å². The minimum atomic E-state index is -0.753. The Bertz CT molecular complexity index is 910. The van der Waals surface area contributed by atoms with Gasteiger partial charge < -0.3 is 15.4 Å². The van der Waals surface area contributed by atoms with Gasteiger partial charge in [-0.1, -0.05) is 18.2 Å². The van der Waals surface area contributed by atoms with E-state index in [0.717, 1.165) is 0 Å². The summed E-state index contributed by atoms with van der Waals surface area (Å²) in [6.45, 7) is 0.855. The van der Waals surface area contributed by atoms with Gasteiger partial charge in [0, 0.05) is 35.5 Å². The molecule has 0 aromatic heterocycles. The number of hydrogen-bond donors (Lipinski definition) is 2. The van der Waals surface area contributed by atoms with Crippen LogP contribution >= 0.6 is 0 Å². The van der Waals surface area contributed by atoms with Crippen LogP contribution in [0.1, 0.15) is 30.1 Å². The van der Waals surface area contributed by atoms with Crippen LogP contribution in [0.15, 0.2) is 48.5 Å². The summed E-state index contributed by atoms with van der Waals surface area (Å²) in [5.74, 6) is -2.03. The molecule has 0 atom stereocenters. The second-order valence-corrected chi connectivity index (χ2v) is 6.20. The van der Waals surface area contributed by atoms with E-state index in [-0.39, 0.29) is 30.0 Å². The average Bonchev–Trinajstić information content (AvgIpc) is 2.71. The monoisotopic (exact) mass is 413 g/mol. The van der Waals surface area contributed by atoms with Crippen LogP contribution in [0, 0.1) is 10.1 Å². The largest absolute Gasteiger partial charge is 0.456 e. The molecule has 0 aliphatic carbocycles. The lowest BCUT2D eigenvalue weighted by molar-refractivity contribution is -0.384. The number of nitro groups is 1. The summed E-state index contributed by atoms with van der Waals surface area (Å²) in [5.41, 5.74) is 0.876. The molecule has 10 nitrogen and oxygen atoms in total. The number of nitro benzene ring substituents is 1. The van der Waals surface area contributed by atoms with Crippen molar-refractivity contribution in [2.75, 3.05) is 17.2 Å². The van der Waals surface area contributed by atoms with Crippen LogP contribution in [-0.2, 0) is 19.1 Å². The molecule has 2 aromatic rings. The molecule has 2 rings (SSSR count). The Labute approximate surface area is 171 Å². The molecule has 0 fully saturated rings. The predicted octanol–water partition coefficient (Wildman–Crippen LogP) is 2.70. The van der Waals surface area contributed by atoms with Crippen molar-refractivity contribution in [3.8, 4) is 0 Å². The minimum absolute atomic E-state index is 0.152. The molecule has 2 amide bonds. The number of amides is 2. The summed E-state index contributed by atoms with van der Waals surface area (Å²) < 4.78 is 4.82. The molecule has 30 heavy (non-hydrogen) atoms. The number of hydrogen-bond acceptors (Lipinski definition) is 7. The highest BCUT2D eigenvalue weighted by Crippen LogP contribution is 2.17. The van der Waals surface area contributed by atoms with E-state index in [1.165, 1.54) is 37.3 Å². The minimum Gasteiger partial charge on any atom is -0.456 e. The summed E-state index contributed by atoms with van der Waals surface area (Å²) in [6, 6.07) is 11.7. The van der Waals surface area contributed by atoms with Crippen LogP contribution in [0.3, 0.4) is 0 Å². The molecule has 0 aliphatic rings. The zero-order chi connectivity index (χ0) is 22.1. The molecule has 0 bridgehead atoms. The number of nitrogens with zero attached hydrogens (tertiary/aromatic N) is 1. The highest BCUT2D eigenvalue weighted by atomic mass is 16.6. The molecular weight excluding hydrogens is 394 g/mol. The molecule has 0 aliphatic heterocycles. The Balaban J connectivity index is 1.74. The van der Waals surface area contributed by atoms with E-state index in [0.29, 0.717) is 11.3 Å². The van der Waals surface area contributed by atoms with E-state index < -0.39 is 29.3 Å². The third-order valence-corrected chi connectivity index (χ3v) is 3.81. The Morgan fingerprint density at radius 1 is 0.933 bits per heavy atom. The standard InChI is InChI=1S/C20H19N3O7/c1-13(24)14-4-2-5-15(10-14)22-19(26)12-30-20(27)9-8-18(25)21-16-6-3-7-17(11-16)23(28)29/h2-7,10-11H,8-9,12H2,1H3,(H,21,25)(H,22,26). The van der Waals surface area contributed by atoms with Gasteiger partial charge in [-0.25, -0.2) is 0 Å². The van der Waals surface area contributed by atoms with Crippen LogP contribution < -0.4 is 10.6 Å². The lowest BCUT2D eigenvalue weighted by Gasteiger charge is -2.08. The zero-order valence-corrected chi connectivity index (χ0v) is 16.0. The first-order chi connectivity index (χ1) is 14.2. The number of Topliss-reactive ketones (excluding diaryl/α,β-unsaturated/α-hetero) is 1. The maximum absolute atomic E-state index is 11.9. The number of ketones is 1. The average molecular weight is 413 g/mol. The van der Waals surface area contributed by atoms with Crippen LogP contribution in [0.25, 0.3) is 0 Å². The third-order valence-electron chi connectivity index (χ3n) is 3.81. The molecule has 2 N–H and O–H groups in total. The molecule has 0 unspecified atom stereocenters. The number of carbonyl (C=O) groups excluding carboxylic acids is 4. The molecule has 0 heterocycles. The van der Waals surface area contributed by atoms with Gasteiger partial charge in [-0.15, -0.1) is 0 Å². The van der Waals surface area contributed by atoms with E-state index in [9.17, 15) is 29.3 Å². The Morgan fingerprint density at radius 3 is 2.23 bits per heavy atom. The molecule has 0 radical (unpaired) electrons. The molecule has 10 heteroatoms. The first kappa shape index (κ1) is 22.2. The van der Waals surface area contributed by atoms with Gasteiger partial charge in [0.15, 0.2) is 12.4 Å². The highest BCUT2D eigenvalue weighted by Gasteiger charge is 2.13. The number of esters is 1. The Hall–Kier alpha value is -4.08. The summed E-state index contributed by atoms with van der Waals surface area (Å²) in [4.78, 5) is 56.9. The maximum atomic E-state index is 11.9. The van der Waals surface area contributed by atoms with Crippen molar-refractivity contribution in [1.29, 1.82) is 0 Å². The van der Waals surface area contributed by atoms with E-state index in [1.807, 2.05) is 0 Å². The lowest BCUT2D eigenvalue weighted by atomic mass is 10.1. The van der Waals surface area contributed by atoms with Gasteiger partial charge in [-0.05, 0) is 25.1 Å². The van der Waals surface area contributed by atoms with Gasteiger partial charge in [0.1, 0.15) is 0 Å². The van der Waals surface area contributed by atoms with Crippen LogP contribution in [-0.4, -0.2) is 35.1 Å². The van der Waals surface area contributed by atoms with Crippen LogP contribution in [0.2, 0.25) is 0 Å². The van der Waals surface area contributed by atoms with Crippen molar-refractivity contribution in [1.82, 2.24) is 0 Å². The molecule has 0 saturated carbocycles. The van der Waals surface area contributed by atoms with Gasteiger partial charge in [0.25, 0.3) is 11.6 Å². The SMILES string of the molecule is CC(=O)c1cccc(NC(=O)COC(=O)CCC(=O)Nc2cccc([N+](=O)[O-])c2)c1. The topological polar surface area (TPSA) is 145 Å². The van der Waals surface area contributed by atoms with Crippen molar-refractivity contribution in [2.45, 2.75) is 19.8 Å². The zero-order valence-electron chi connectivity index (χ0n) is 16.0. The Morgan fingerprint density at radius 2 is 1.57 bits per heavy atom. The summed E-state index contributed by atoms with van der Waals surface area (Å²) >= 11 is 0. The normalized spacial score (nSPS) is 10.0.